The zero-order valence-electron chi connectivity index (χ0n) is 23.8. The molecule has 0 bridgehead atoms. The second kappa shape index (κ2) is 13.2. The van der Waals surface area contributed by atoms with Crippen LogP contribution in [0.2, 0.25) is 0 Å². The molecular weight excluding hydrogens is 504 g/mol. The zero-order chi connectivity index (χ0) is 28.6. The fraction of sp³-hybridized carbons (Fsp3) is 0.303. The van der Waals surface area contributed by atoms with Gasteiger partial charge in [0, 0.05) is 23.9 Å². The molecule has 3 aromatic carbocycles. The van der Waals surface area contributed by atoms with Crippen LogP contribution in [0, 0.1) is 12.8 Å². The normalized spacial score (nSPS) is 12.6. The molecule has 1 aliphatic heterocycles. The Hall–Kier alpha value is -4.23. The maximum absolute atomic E-state index is 13.5. The van der Waals surface area contributed by atoms with Gasteiger partial charge in [0.15, 0.2) is 0 Å². The maximum atomic E-state index is 13.5. The van der Waals surface area contributed by atoms with Crippen LogP contribution < -0.4 is 9.64 Å². The minimum atomic E-state index is -0.407. The molecule has 4 aromatic rings. The van der Waals surface area contributed by atoms with Crippen LogP contribution in [0.15, 0.2) is 72.9 Å². The lowest BCUT2D eigenvalue weighted by Gasteiger charge is -2.29. The fourth-order valence-corrected chi connectivity index (χ4v) is 4.71. The number of aryl methyl sites for hydroxylation is 1. The first-order valence-corrected chi connectivity index (χ1v) is 13.6. The SMILES string of the molecule is CC.COC(=O)c1ccc2c(N(Cc3ccc(-c4ccc(OC)c(C)c4)cc3)C(=O)CC3COC3)nccc2c1. The molecule has 1 saturated heterocycles. The summed E-state index contributed by atoms with van der Waals surface area (Å²) in [5.74, 6) is 1.23. The van der Waals surface area contributed by atoms with E-state index in [1.165, 1.54) is 7.11 Å². The maximum Gasteiger partial charge on any atom is 0.337 e. The number of amides is 1. The van der Waals surface area contributed by atoms with Gasteiger partial charge < -0.3 is 14.2 Å². The lowest BCUT2D eigenvalue weighted by molar-refractivity contribution is -0.124. The van der Waals surface area contributed by atoms with E-state index in [-0.39, 0.29) is 11.8 Å². The molecule has 1 amide bonds. The van der Waals surface area contributed by atoms with E-state index < -0.39 is 5.97 Å². The number of pyridine rings is 1. The van der Waals surface area contributed by atoms with E-state index >= 15 is 0 Å². The van der Waals surface area contributed by atoms with Crippen LogP contribution in [-0.4, -0.2) is 44.3 Å². The molecule has 0 spiro atoms. The summed E-state index contributed by atoms with van der Waals surface area (Å²) in [6.07, 6.45) is 2.06. The predicted molar refractivity (Wildman–Crippen MR) is 158 cm³/mol. The highest BCUT2D eigenvalue weighted by Crippen LogP contribution is 2.30. The summed E-state index contributed by atoms with van der Waals surface area (Å²) in [6.45, 7) is 7.60. The van der Waals surface area contributed by atoms with Crippen LogP contribution >= 0.6 is 0 Å². The Morgan fingerprint density at radius 2 is 1.68 bits per heavy atom. The van der Waals surface area contributed by atoms with Crippen molar-refractivity contribution in [3.05, 3.63) is 89.6 Å². The summed E-state index contributed by atoms with van der Waals surface area (Å²) >= 11 is 0. The highest BCUT2D eigenvalue weighted by atomic mass is 16.5. The standard InChI is InChI=1S/C31H30N2O5.C2H6/c1-20-14-24(9-11-28(20)36-2)23-6-4-21(5-7-23)17-33(29(34)15-22-18-38-19-22)30-27-10-8-26(31(35)37-3)16-25(27)12-13-32-30;1-2/h4-14,16,22H,15,17-19H2,1-3H3;1-2H3. The van der Waals surface area contributed by atoms with Crippen LogP contribution in [0.5, 0.6) is 5.75 Å². The second-order valence-electron chi connectivity index (χ2n) is 9.53. The highest BCUT2D eigenvalue weighted by Gasteiger charge is 2.27. The fourth-order valence-electron chi connectivity index (χ4n) is 4.71. The summed E-state index contributed by atoms with van der Waals surface area (Å²) in [5, 5.41) is 1.61. The molecule has 1 fully saturated rings. The number of anilines is 1. The molecule has 208 valence electrons. The van der Waals surface area contributed by atoms with Crippen LogP contribution in [0.4, 0.5) is 5.82 Å². The average Bonchev–Trinajstić information content (AvgIpc) is 2.98. The monoisotopic (exact) mass is 540 g/mol. The number of ether oxygens (including phenoxy) is 3. The van der Waals surface area contributed by atoms with Crippen LogP contribution in [0.3, 0.4) is 0 Å². The van der Waals surface area contributed by atoms with Crippen LogP contribution in [0.1, 0.15) is 41.8 Å². The third-order valence-electron chi connectivity index (χ3n) is 6.91. The van der Waals surface area contributed by atoms with E-state index in [1.807, 2.05) is 57.2 Å². The van der Waals surface area contributed by atoms with Gasteiger partial charge in [0.1, 0.15) is 11.6 Å². The van der Waals surface area contributed by atoms with Gasteiger partial charge in [-0.25, -0.2) is 9.78 Å². The number of carbonyl (C=O) groups is 2. The van der Waals surface area contributed by atoms with Gasteiger partial charge in [0.25, 0.3) is 0 Å². The Kier molecular flexibility index (Phi) is 9.51. The molecule has 0 radical (unpaired) electrons. The molecule has 0 atom stereocenters. The molecule has 7 heteroatoms. The number of methoxy groups -OCH3 is 2. The van der Waals surface area contributed by atoms with Crippen molar-refractivity contribution in [2.75, 3.05) is 32.3 Å². The topological polar surface area (TPSA) is 78.0 Å². The molecule has 0 aliphatic carbocycles. The number of aromatic nitrogens is 1. The van der Waals surface area contributed by atoms with E-state index in [0.29, 0.717) is 37.6 Å². The second-order valence-corrected chi connectivity index (χ2v) is 9.53. The number of hydrogen-bond acceptors (Lipinski definition) is 6. The molecule has 40 heavy (non-hydrogen) atoms. The van der Waals surface area contributed by atoms with Crippen molar-refractivity contribution in [2.45, 2.75) is 33.7 Å². The number of hydrogen-bond donors (Lipinski definition) is 0. The first-order chi connectivity index (χ1) is 19.5. The van der Waals surface area contributed by atoms with Crippen LogP contribution in [0.25, 0.3) is 21.9 Å². The Labute approximate surface area is 235 Å². The number of esters is 1. The van der Waals surface area contributed by atoms with Gasteiger partial charge in [0.05, 0.1) is 39.5 Å². The first-order valence-electron chi connectivity index (χ1n) is 13.6. The summed E-state index contributed by atoms with van der Waals surface area (Å²) in [6, 6.07) is 21.5. The first kappa shape index (κ1) is 28.8. The van der Waals surface area contributed by atoms with E-state index in [1.54, 1.807) is 30.3 Å². The largest absolute Gasteiger partial charge is 0.496 e. The van der Waals surface area contributed by atoms with Gasteiger partial charge in [-0.1, -0.05) is 44.2 Å². The van der Waals surface area contributed by atoms with Crippen molar-refractivity contribution >= 4 is 28.5 Å². The highest BCUT2D eigenvalue weighted by molar-refractivity contribution is 6.04. The summed E-state index contributed by atoms with van der Waals surface area (Å²) in [7, 11) is 3.03. The number of fused-ring (bicyclic) bond motifs is 1. The van der Waals surface area contributed by atoms with Gasteiger partial charge in [0.2, 0.25) is 5.91 Å². The summed E-state index contributed by atoms with van der Waals surface area (Å²) in [5.41, 5.74) is 4.70. The molecule has 7 nitrogen and oxygen atoms in total. The Morgan fingerprint density at radius 1 is 0.950 bits per heavy atom. The van der Waals surface area contributed by atoms with Crippen molar-refractivity contribution in [3.63, 3.8) is 0 Å². The average molecular weight is 541 g/mol. The third-order valence-corrected chi connectivity index (χ3v) is 6.91. The number of benzene rings is 3. The van der Waals surface area contributed by atoms with Crippen molar-refractivity contribution in [2.24, 2.45) is 5.92 Å². The van der Waals surface area contributed by atoms with Crippen molar-refractivity contribution in [3.8, 4) is 16.9 Å². The van der Waals surface area contributed by atoms with E-state index in [0.717, 1.165) is 38.8 Å². The van der Waals surface area contributed by atoms with Gasteiger partial charge in [-0.15, -0.1) is 0 Å². The van der Waals surface area contributed by atoms with Crippen molar-refractivity contribution in [1.82, 2.24) is 4.98 Å². The lowest BCUT2D eigenvalue weighted by atomic mass is 10.0. The molecule has 0 saturated carbocycles. The molecule has 5 rings (SSSR count). The minimum absolute atomic E-state index is 0.00907. The predicted octanol–water partition coefficient (Wildman–Crippen LogP) is 6.60. The molecule has 0 N–H and O–H groups in total. The van der Waals surface area contributed by atoms with Crippen LogP contribution in [-0.2, 0) is 20.8 Å². The van der Waals surface area contributed by atoms with Crippen molar-refractivity contribution < 1.29 is 23.8 Å². The number of nitrogens with zero attached hydrogens (tertiary/aromatic N) is 2. The molecule has 1 aliphatic rings. The molecule has 1 aromatic heterocycles. The van der Waals surface area contributed by atoms with Gasteiger partial charge in [-0.2, -0.15) is 0 Å². The van der Waals surface area contributed by atoms with E-state index in [4.69, 9.17) is 14.2 Å². The third kappa shape index (κ3) is 6.32. The smallest absolute Gasteiger partial charge is 0.337 e. The van der Waals surface area contributed by atoms with E-state index in [2.05, 4.69) is 23.2 Å². The van der Waals surface area contributed by atoms with Gasteiger partial charge in [-0.05, 0) is 71.0 Å². The molecule has 0 unspecified atom stereocenters. The molecule has 2 heterocycles. The molecular formula is C33H36N2O5. The Balaban J connectivity index is 0.00000181. The van der Waals surface area contributed by atoms with Crippen molar-refractivity contribution in [1.29, 1.82) is 0 Å². The van der Waals surface area contributed by atoms with E-state index in [9.17, 15) is 9.59 Å². The lowest BCUT2D eigenvalue weighted by Crippen LogP contribution is -2.37. The number of rotatable bonds is 8. The Morgan fingerprint density at radius 3 is 2.30 bits per heavy atom. The Bertz CT molecular complexity index is 1480. The van der Waals surface area contributed by atoms with Gasteiger partial charge >= 0.3 is 5.97 Å². The minimum Gasteiger partial charge on any atom is -0.496 e. The summed E-state index contributed by atoms with van der Waals surface area (Å²) in [4.78, 5) is 31.9. The zero-order valence-corrected chi connectivity index (χ0v) is 23.8. The summed E-state index contributed by atoms with van der Waals surface area (Å²) < 4.78 is 15.5. The van der Waals surface area contributed by atoms with Gasteiger partial charge in [-0.3, -0.25) is 9.69 Å². The number of carbonyl (C=O) groups excluding carboxylic acids is 2. The quantitative estimate of drug-likeness (QED) is 0.234.